The van der Waals surface area contributed by atoms with Crippen molar-refractivity contribution >= 4 is 46.5 Å². The van der Waals surface area contributed by atoms with Crippen LogP contribution in [-0.2, 0) is 12.7 Å². The summed E-state index contributed by atoms with van der Waals surface area (Å²) in [6.45, 7) is 3.85. The number of aromatic nitrogens is 2. The molecule has 3 aromatic carbocycles. The number of benzene rings is 3. The van der Waals surface area contributed by atoms with E-state index in [4.69, 9.17) is 0 Å². The smallest absolute Gasteiger partial charge is 0.368 e. The SMILES string of the molecule is CNC(=O)c1cc(Nc2nccc(NCc3ccc(NC(=O)Nc4cc(F)cc(C(F)(F)F)c4)cc3)n2)ccc1N1CCN(C)CC1. The van der Waals surface area contributed by atoms with E-state index in [0.29, 0.717) is 47.4 Å². The molecule has 0 spiro atoms. The van der Waals surface area contributed by atoms with Gasteiger partial charge in [-0.25, -0.2) is 14.2 Å². The molecule has 0 aliphatic carbocycles. The van der Waals surface area contributed by atoms with Crippen molar-refractivity contribution in [1.29, 1.82) is 0 Å². The van der Waals surface area contributed by atoms with E-state index < -0.39 is 23.6 Å². The van der Waals surface area contributed by atoms with Gasteiger partial charge in [0.15, 0.2) is 0 Å². The predicted molar refractivity (Wildman–Crippen MR) is 173 cm³/mol. The summed E-state index contributed by atoms with van der Waals surface area (Å²) in [5, 5.41) is 13.8. The fourth-order valence-electron chi connectivity index (χ4n) is 4.92. The summed E-state index contributed by atoms with van der Waals surface area (Å²) in [5.41, 5.74) is 1.76. The predicted octanol–water partition coefficient (Wildman–Crippen LogP) is 5.75. The van der Waals surface area contributed by atoms with Gasteiger partial charge in [0.1, 0.15) is 11.6 Å². The zero-order chi connectivity index (χ0) is 33.6. The Labute approximate surface area is 268 Å². The molecule has 0 unspecified atom stereocenters. The number of carbonyl (C=O) groups is 2. The Hall–Kier alpha value is -5.44. The van der Waals surface area contributed by atoms with Gasteiger partial charge in [0.25, 0.3) is 5.91 Å². The Kier molecular flexibility index (Phi) is 10.0. The maximum atomic E-state index is 13.6. The molecule has 15 heteroatoms. The van der Waals surface area contributed by atoms with E-state index in [1.165, 1.54) is 0 Å². The second-order valence-corrected chi connectivity index (χ2v) is 10.8. The summed E-state index contributed by atoms with van der Waals surface area (Å²) in [7, 11) is 3.68. The van der Waals surface area contributed by atoms with Gasteiger partial charge in [-0.1, -0.05) is 12.1 Å². The molecule has 4 aromatic rings. The number of urea groups is 1. The third kappa shape index (κ3) is 8.85. The lowest BCUT2D eigenvalue weighted by Gasteiger charge is -2.35. The quantitative estimate of drug-likeness (QED) is 0.145. The summed E-state index contributed by atoms with van der Waals surface area (Å²) in [6, 6.07) is 15.0. The Bertz CT molecular complexity index is 1730. The summed E-state index contributed by atoms with van der Waals surface area (Å²) in [5.74, 6) is -0.439. The van der Waals surface area contributed by atoms with Crippen LogP contribution in [0.15, 0.2) is 72.9 Å². The standard InChI is InChI=1S/C32H33F4N9O2/c1-37-29(46)26-18-24(7-8-27(26)45-13-11-44(2)12-14-45)40-30-38-10-9-28(43-30)39-19-20-3-5-23(6-4-20)41-31(47)42-25-16-21(32(34,35)36)15-22(33)17-25/h3-10,15-18H,11-14,19H2,1-2H3,(H,37,46)(H2,41,42,47)(H2,38,39,40,43). The second kappa shape index (κ2) is 14.3. The molecule has 246 valence electrons. The molecule has 47 heavy (non-hydrogen) atoms. The first kappa shape index (κ1) is 32.9. The zero-order valence-corrected chi connectivity index (χ0v) is 25.6. The molecule has 3 amide bonds. The van der Waals surface area contributed by atoms with Gasteiger partial charge in [0.2, 0.25) is 5.95 Å². The van der Waals surface area contributed by atoms with Crippen LogP contribution in [-0.4, -0.2) is 67.1 Å². The lowest BCUT2D eigenvalue weighted by atomic mass is 10.1. The average Bonchev–Trinajstić information content (AvgIpc) is 3.04. The summed E-state index contributed by atoms with van der Waals surface area (Å²) < 4.78 is 52.5. The minimum Gasteiger partial charge on any atom is -0.368 e. The highest BCUT2D eigenvalue weighted by Crippen LogP contribution is 2.32. The molecule has 0 atom stereocenters. The van der Waals surface area contributed by atoms with Crippen LogP contribution < -0.4 is 31.5 Å². The number of rotatable bonds is 9. The molecule has 2 heterocycles. The maximum absolute atomic E-state index is 13.6. The largest absolute Gasteiger partial charge is 0.416 e. The third-order valence-corrected chi connectivity index (χ3v) is 7.39. The van der Waals surface area contributed by atoms with Gasteiger partial charge in [-0.05, 0) is 67.2 Å². The average molecular weight is 652 g/mol. The lowest BCUT2D eigenvalue weighted by Crippen LogP contribution is -2.45. The highest BCUT2D eigenvalue weighted by molar-refractivity contribution is 6.01. The van der Waals surface area contributed by atoms with E-state index in [9.17, 15) is 27.2 Å². The molecule has 5 rings (SSSR count). The second-order valence-electron chi connectivity index (χ2n) is 10.8. The van der Waals surface area contributed by atoms with Crippen LogP contribution in [0.25, 0.3) is 0 Å². The van der Waals surface area contributed by atoms with Crippen molar-refractivity contribution in [3.8, 4) is 0 Å². The number of nitrogens with zero attached hydrogens (tertiary/aromatic N) is 4. The fourth-order valence-corrected chi connectivity index (χ4v) is 4.92. The van der Waals surface area contributed by atoms with Gasteiger partial charge in [0, 0.05) is 68.7 Å². The van der Waals surface area contributed by atoms with Gasteiger partial charge in [-0.3, -0.25) is 4.79 Å². The highest BCUT2D eigenvalue weighted by Gasteiger charge is 2.31. The fraction of sp³-hybridized carbons (Fsp3) is 0.250. The van der Waals surface area contributed by atoms with Crippen LogP contribution >= 0.6 is 0 Å². The number of hydrogen-bond donors (Lipinski definition) is 5. The number of piperazine rings is 1. The van der Waals surface area contributed by atoms with E-state index in [1.807, 2.05) is 12.1 Å². The number of nitrogens with one attached hydrogen (secondary N) is 5. The Morgan fingerprint density at radius 3 is 2.28 bits per heavy atom. The van der Waals surface area contributed by atoms with Crippen LogP contribution in [0.4, 0.5) is 56.9 Å². The van der Waals surface area contributed by atoms with E-state index in [2.05, 4.69) is 53.4 Å². The molecule has 5 N–H and O–H groups in total. The van der Waals surface area contributed by atoms with Crippen molar-refractivity contribution in [1.82, 2.24) is 20.2 Å². The normalized spacial score (nSPS) is 13.5. The Morgan fingerprint density at radius 1 is 0.872 bits per heavy atom. The number of anilines is 6. The van der Waals surface area contributed by atoms with Crippen LogP contribution in [0.5, 0.6) is 0 Å². The first-order chi connectivity index (χ1) is 22.5. The van der Waals surface area contributed by atoms with Crippen molar-refractivity contribution in [2.45, 2.75) is 12.7 Å². The molecular weight excluding hydrogens is 618 g/mol. The van der Waals surface area contributed by atoms with Crippen LogP contribution in [0, 0.1) is 5.82 Å². The molecule has 1 aromatic heterocycles. The van der Waals surface area contributed by atoms with E-state index in [1.54, 1.807) is 49.6 Å². The van der Waals surface area contributed by atoms with Crippen molar-refractivity contribution in [3.05, 3.63) is 95.4 Å². The topological polar surface area (TPSA) is 127 Å². The van der Waals surface area contributed by atoms with Gasteiger partial charge >= 0.3 is 12.2 Å². The van der Waals surface area contributed by atoms with E-state index >= 15 is 0 Å². The zero-order valence-electron chi connectivity index (χ0n) is 25.6. The summed E-state index contributed by atoms with van der Waals surface area (Å²) in [4.78, 5) is 38.3. The molecule has 1 fully saturated rings. The van der Waals surface area contributed by atoms with E-state index in [0.717, 1.165) is 43.5 Å². The van der Waals surface area contributed by atoms with Crippen LogP contribution in [0.1, 0.15) is 21.5 Å². The van der Waals surface area contributed by atoms with Crippen LogP contribution in [0.2, 0.25) is 0 Å². The van der Waals surface area contributed by atoms with Crippen LogP contribution in [0.3, 0.4) is 0 Å². The number of hydrogen-bond acceptors (Lipinski definition) is 8. The highest BCUT2D eigenvalue weighted by atomic mass is 19.4. The molecule has 1 saturated heterocycles. The third-order valence-electron chi connectivity index (χ3n) is 7.39. The van der Waals surface area contributed by atoms with Gasteiger partial charge in [-0.2, -0.15) is 18.2 Å². The van der Waals surface area contributed by atoms with Crippen molar-refractivity contribution in [3.63, 3.8) is 0 Å². The Balaban J connectivity index is 1.17. The first-order valence-corrected chi connectivity index (χ1v) is 14.6. The van der Waals surface area contributed by atoms with Gasteiger partial charge in [-0.15, -0.1) is 0 Å². The molecule has 1 aliphatic rings. The molecular formula is C32H33F4N9O2. The first-order valence-electron chi connectivity index (χ1n) is 14.6. The summed E-state index contributed by atoms with van der Waals surface area (Å²) in [6.07, 6.45) is -3.16. The van der Waals surface area contributed by atoms with Gasteiger partial charge < -0.3 is 36.4 Å². The monoisotopic (exact) mass is 651 g/mol. The maximum Gasteiger partial charge on any atom is 0.416 e. The number of alkyl halides is 3. The van der Waals surface area contributed by atoms with Gasteiger partial charge in [0.05, 0.1) is 11.1 Å². The molecule has 1 aliphatic heterocycles. The number of amides is 3. The molecule has 0 saturated carbocycles. The minimum atomic E-state index is -4.75. The molecule has 0 bridgehead atoms. The number of likely N-dealkylation sites (N-methyl/N-ethyl adjacent to an activating group) is 1. The number of halogens is 4. The minimum absolute atomic E-state index is 0.188. The Morgan fingerprint density at radius 2 is 1.57 bits per heavy atom. The molecule has 0 radical (unpaired) electrons. The summed E-state index contributed by atoms with van der Waals surface area (Å²) >= 11 is 0. The van der Waals surface area contributed by atoms with Crippen molar-refractivity contribution in [2.24, 2.45) is 0 Å². The molecule has 11 nitrogen and oxygen atoms in total. The lowest BCUT2D eigenvalue weighted by molar-refractivity contribution is -0.137. The van der Waals surface area contributed by atoms with Crippen molar-refractivity contribution in [2.75, 3.05) is 66.4 Å². The van der Waals surface area contributed by atoms with Crippen molar-refractivity contribution < 1.29 is 27.2 Å². The van der Waals surface area contributed by atoms with E-state index in [-0.39, 0.29) is 11.6 Å². The number of carbonyl (C=O) groups excluding carboxylic acids is 2.